The number of fused-ring (bicyclic) bond motifs is 1. The average Bonchev–Trinajstić information content (AvgIpc) is 2.81. The number of aromatic nitrogens is 2. The van der Waals surface area contributed by atoms with E-state index < -0.39 is 0 Å². The van der Waals surface area contributed by atoms with Crippen molar-refractivity contribution in [2.45, 2.75) is 20.4 Å². The molecule has 0 aliphatic rings. The second-order valence-corrected chi connectivity index (χ2v) is 5.44. The molecule has 1 N–H and O–H groups in total. The van der Waals surface area contributed by atoms with E-state index in [0.29, 0.717) is 11.4 Å². The van der Waals surface area contributed by atoms with Gasteiger partial charge in [-0.3, -0.25) is 9.59 Å². The summed E-state index contributed by atoms with van der Waals surface area (Å²) in [6.07, 6.45) is 2.48. The molecule has 5 heteroatoms. The number of carbonyl (C=O) groups is 2. The largest absolute Gasteiger partial charge is 0.335 e. The third kappa shape index (κ3) is 2.73. The number of rotatable bonds is 4. The lowest BCUT2D eigenvalue weighted by atomic mass is 10.1. The highest BCUT2D eigenvalue weighted by Gasteiger charge is 2.15. The molecule has 0 saturated heterocycles. The zero-order valence-corrected chi connectivity index (χ0v) is 13.0. The van der Waals surface area contributed by atoms with Gasteiger partial charge in [0.2, 0.25) is 5.91 Å². The summed E-state index contributed by atoms with van der Waals surface area (Å²) in [7, 11) is 0. The topological polar surface area (TPSA) is 64.0 Å². The van der Waals surface area contributed by atoms with E-state index in [4.69, 9.17) is 0 Å². The number of carbonyl (C=O) groups excluding carboxylic acids is 2. The zero-order valence-electron chi connectivity index (χ0n) is 13.0. The van der Waals surface area contributed by atoms with Crippen LogP contribution < -0.4 is 5.32 Å². The van der Waals surface area contributed by atoms with Gasteiger partial charge in [-0.2, -0.15) is 0 Å². The number of aldehydes is 1. The lowest BCUT2D eigenvalue weighted by Crippen LogP contribution is -2.20. The summed E-state index contributed by atoms with van der Waals surface area (Å²) in [5, 5.41) is 3.68. The number of nitrogens with zero attached hydrogens (tertiary/aromatic N) is 2. The van der Waals surface area contributed by atoms with Crippen molar-refractivity contribution in [2.75, 3.05) is 5.32 Å². The van der Waals surface area contributed by atoms with Crippen LogP contribution in [-0.2, 0) is 11.3 Å². The van der Waals surface area contributed by atoms with Gasteiger partial charge in [-0.05, 0) is 31.5 Å². The Balaban J connectivity index is 1.93. The SMILES string of the molecule is Cc1cccnc1NC(=O)Cn1c(C)c(C=O)c2ccccc21. The second-order valence-electron chi connectivity index (χ2n) is 5.44. The van der Waals surface area contributed by atoms with Gasteiger partial charge in [0, 0.05) is 28.4 Å². The molecule has 0 atom stereocenters. The van der Waals surface area contributed by atoms with Crippen molar-refractivity contribution in [3.05, 3.63) is 59.4 Å². The van der Waals surface area contributed by atoms with Crippen molar-refractivity contribution in [1.82, 2.24) is 9.55 Å². The van der Waals surface area contributed by atoms with Crippen LogP contribution in [0, 0.1) is 13.8 Å². The highest BCUT2D eigenvalue weighted by molar-refractivity contribution is 6.00. The van der Waals surface area contributed by atoms with Crippen LogP contribution in [0.4, 0.5) is 5.82 Å². The normalized spacial score (nSPS) is 10.7. The Labute approximate surface area is 134 Å². The number of benzene rings is 1. The molecule has 1 amide bonds. The summed E-state index contributed by atoms with van der Waals surface area (Å²) in [6, 6.07) is 11.3. The van der Waals surface area contributed by atoms with E-state index in [2.05, 4.69) is 10.3 Å². The molecule has 0 bridgehead atoms. The maximum Gasteiger partial charge on any atom is 0.245 e. The lowest BCUT2D eigenvalue weighted by molar-refractivity contribution is -0.116. The van der Waals surface area contributed by atoms with Crippen molar-refractivity contribution < 1.29 is 9.59 Å². The highest BCUT2D eigenvalue weighted by atomic mass is 16.2. The number of nitrogens with one attached hydrogen (secondary N) is 1. The molecule has 5 nitrogen and oxygen atoms in total. The van der Waals surface area contributed by atoms with Gasteiger partial charge in [0.05, 0.1) is 0 Å². The zero-order chi connectivity index (χ0) is 16.4. The first-order chi connectivity index (χ1) is 11.1. The van der Waals surface area contributed by atoms with Gasteiger partial charge in [-0.15, -0.1) is 0 Å². The molecule has 23 heavy (non-hydrogen) atoms. The molecule has 0 spiro atoms. The molecule has 0 aliphatic carbocycles. The van der Waals surface area contributed by atoms with E-state index in [1.54, 1.807) is 6.20 Å². The number of amides is 1. The number of hydrogen-bond donors (Lipinski definition) is 1. The van der Waals surface area contributed by atoms with Gasteiger partial charge in [0.15, 0.2) is 6.29 Å². The number of aryl methyl sites for hydroxylation is 1. The number of para-hydroxylation sites is 1. The quantitative estimate of drug-likeness (QED) is 0.753. The standard InChI is InChI=1S/C18H17N3O2/c1-12-6-5-9-19-18(12)20-17(23)10-21-13(2)15(11-22)14-7-3-4-8-16(14)21/h3-9,11H,10H2,1-2H3,(H,19,20,23). The maximum absolute atomic E-state index is 12.4. The van der Waals surface area contributed by atoms with Crippen molar-refractivity contribution in [1.29, 1.82) is 0 Å². The Bertz CT molecular complexity index is 896. The predicted molar refractivity (Wildman–Crippen MR) is 89.7 cm³/mol. The molecular weight excluding hydrogens is 290 g/mol. The Morgan fingerprint density at radius 3 is 2.74 bits per heavy atom. The van der Waals surface area contributed by atoms with Crippen LogP contribution in [0.15, 0.2) is 42.6 Å². The van der Waals surface area contributed by atoms with E-state index in [1.807, 2.05) is 54.8 Å². The van der Waals surface area contributed by atoms with E-state index in [-0.39, 0.29) is 12.5 Å². The fourth-order valence-corrected chi connectivity index (χ4v) is 2.74. The van der Waals surface area contributed by atoms with Gasteiger partial charge in [0.25, 0.3) is 0 Å². The monoisotopic (exact) mass is 307 g/mol. The smallest absolute Gasteiger partial charge is 0.245 e. The third-order valence-electron chi connectivity index (χ3n) is 3.97. The summed E-state index contributed by atoms with van der Waals surface area (Å²) in [5.41, 5.74) is 3.19. The fourth-order valence-electron chi connectivity index (χ4n) is 2.74. The third-order valence-corrected chi connectivity index (χ3v) is 3.97. The Morgan fingerprint density at radius 1 is 1.22 bits per heavy atom. The molecule has 2 aromatic heterocycles. The lowest BCUT2D eigenvalue weighted by Gasteiger charge is -2.10. The number of pyridine rings is 1. The van der Waals surface area contributed by atoms with E-state index in [9.17, 15) is 9.59 Å². The van der Waals surface area contributed by atoms with E-state index >= 15 is 0 Å². The van der Waals surface area contributed by atoms with Gasteiger partial charge in [-0.25, -0.2) is 4.98 Å². The fraction of sp³-hybridized carbons (Fsp3) is 0.167. The van der Waals surface area contributed by atoms with Gasteiger partial charge in [-0.1, -0.05) is 24.3 Å². The van der Waals surface area contributed by atoms with Crippen LogP contribution >= 0.6 is 0 Å². The van der Waals surface area contributed by atoms with Crippen molar-refractivity contribution in [2.24, 2.45) is 0 Å². The molecule has 0 radical (unpaired) electrons. The molecular formula is C18H17N3O2. The maximum atomic E-state index is 12.4. The molecule has 0 unspecified atom stereocenters. The average molecular weight is 307 g/mol. The summed E-state index contributed by atoms with van der Waals surface area (Å²) in [6.45, 7) is 3.88. The van der Waals surface area contributed by atoms with Crippen molar-refractivity contribution in [3.8, 4) is 0 Å². The predicted octanol–water partition coefficient (Wildman–Crippen LogP) is 3.10. The highest BCUT2D eigenvalue weighted by Crippen LogP contribution is 2.24. The van der Waals surface area contributed by atoms with Crippen molar-refractivity contribution >= 4 is 28.9 Å². The number of anilines is 1. The summed E-state index contributed by atoms with van der Waals surface area (Å²) >= 11 is 0. The minimum atomic E-state index is -0.173. The Morgan fingerprint density at radius 2 is 2.00 bits per heavy atom. The molecule has 1 aromatic carbocycles. The summed E-state index contributed by atoms with van der Waals surface area (Å²) in [4.78, 5) is 27.9. The minimum absolute atomic E-state index is 0.135. The van der Waals surface area contributed by atoms with Crippen LogP contribution in [0.1, 0.15) is 21.6 Å². The first kappa shape index (κ1) is 15.0. The molecule has 0 aliphatic heterocycles. The van der Waals surface area contributed by atoms with Crippen LogP contribution in [0.5, 0.6) is 0 Å². The van der Waals surface area contributed by atoms with Gasteiger partial charge < -0.3 is 9.88 Å². The minimum Gasteiger partial charge on any atom is -0.335 e. The molecule has 3 rings (SSSR count). The van der Waals surface area contributed by atoms with Crippen LogP contribution in [-0.4, -0.2) is 21.7 Å². The van der Waals surface area contributed by atoms with E-state index in [1.165, 1.54) is 0 Å². The van der Waals surface area contributed by atoms with Crippen LogP contribution in [0.25, 0.3) is 10.9 Å². The Kier molecular flexibility index (Phi) is 3.93. The first-order valence-corrected chi connectivity index (χ1v) is 7.36. The molecule has 116 valence electrons. The van der Waals surface area contributed by atoms with E-state index in [0.717, 1.165) is 28.4 Å². The van der Waals surface area contributed by atoms with Crippen LogP contribution in [0.3, 0.4) is 0 Å². The summed E-state index contributed by atoms with van der Waals surface area (Å²) in [5.74, 6) is 0.385. The second kappa shape index (κ2) is 6.04. The molecule has 2 heterocycles. The molecule has 0 saturated carbocycles. The molecule has 0 fully saturated rings. The Hall–Kier alpha value is -2.95. The van der Waals surface area contributed by atoms with Crippen LogP contribution in [0.2, 0.25) is 0 Å². The summed E-state index contributed by atoms with van der Waals surface area (Å²) < 4.78 is 1.85. The first-order valence-electron chi connectivity index (χ1n) is 7.36. The molecule has 3 aromatic rings. The van der Waals surface area contributed by atoms with Gasteiger partial charge >= 0.3 is 0 Å². The number of hydrogen-bond acceptors (Lipinski definition) is 3. The van der Waals surface area contributed by atoms with Gasteiger partial charge in [0.1, 0.15) is 12.4 Å². The van der Waals surface area contributed by atoms with Crippen molar-refractivity contribution in [3.63, 3.8) is 0 Å².